The number of para-hydroxylation sites is 2. The number of aromatic amines is 1. The van der Waals surface area contributed by atoms with Gasteiger partial charge < -0.3 is 15.6 Å². The van der Waals surface area contributed by atoms with Crippen LogP contribution in [0.4, 0.5) is 0 Å². The number of benzene rings is 1. The van der Waals surface area contributed by atoms with Gasteiger partial charge in [0.1, 0.15) is 5.82 Å². The Morgan fingerprint density at radius 3 is 2.85 bits per heavy atom. The van der Waals surface area contributed by atoms with Crippen LogP contribution in [-0.4, -0.2) is 21.5 Å². The standard InChI is InChI=1S/C20H21N5S2/c1-14(22-11-15-5-4-10-26-15)18-13-27-20(25-18)8-9-21-12-19-23-16-6-2-3-7-17(16)24-19/h2-7,10,13,21-22H,1,8-9,11-12H2,(H,23,24). The lowest BCUT2D eigenvalue weighted by Crippen LogP contribution is -2.17. The van der Waals surface area contributed by atoms with E-state index < -0.39 is 0 Å². The van der Waals surface area contributed by atoms with Gasteiger partial charge >= 0.3 is 0 Å². The topological polar surface area (TPSA) is 65.6 Å². The fourth-order valence-corrected chi connectivity index (χ4v) is 4.21. The highest BCUT2D eigenvalue weighted by atomic mass is 32.1. The third kappa shape index (κ3) is 4.63. The Morgan fingerprint density at radius 2 is 2.00 bits per heavy atom. The maximum atomic E-state index is 4.69. The molecule has 0 saturated carbocycles. The third-order valence-corrected chi connectivity index (χ3v) is 5.95. The predicted octanol–water partition coefficient (Wildman–Crippen LogP) is 4.17. The summed E-state index contributed by atoms with van der Waals surface area (Å²) >= 11 is 3.42. The molecule has 0 aliphatic heterocycles. The molecule has 0 atom stereocenters. The smallest absolute Gasteiger partial charge is 0.121 e. The second-order valence-electron chi connectivity index (χ2n) is 6.17. The van der Waals surface area contributed by atoms with E-state index in [-0.39, 0.29) is 0 Å². The largest absolute Gasteiger partial charge is 0.379 e. The maximum Gasteiger partial charge on any atom is 0.121 e. The molecule has 4 rings (SSSR count). The second kappa shape index (κ2) is 8.47. The molecular formula is C20H21N5S2. The number of aromatic nitrogens is 3. The number of H-pyrrole nitrogens is 1. The van der Waals surface area contributed by atoms with E-state index in [2.05, 4.69) is 55.1 Å². The normalized spacial score (nSPS) is 11.1. The van der Waals surface area contributed by atoms with Crippen molar-refractivity contribution in [3.63, 3.8) is 0 Å². The molecule has 27 heavy (non-hydrogen) atoms. The van der Waals surface area contributed by atoms with E-state index in [1.54, 1.807) is 22.7 Å². The molecule has 0 fully saturated rings. The summed E-state index contributed by atoms with van der Waals surface area (Å²) in [7, 11) is 0. The van der Waals surface area contributed by atoms with Crippen molar-refractivity contribution in [2.45, 2.75) is 19.5 Å². The van der Waals surface area contributed by atoms with Crippen LogP contribution in [-0.2, 0) is 19.5 Å². The number of hydrogen-bond donors (Lipinski definition) is 3. The number of imidazole rings is 1. The van der Waals surface area contributed by atoms with Crippen LogP contribution in [0.1, 0.15) is 21.4 Å². The molecule has 138 valence electrons. The zero-order chi connectivity index (χ0) is 18.5. The molecule has 0 radical (unpaired) electrons. The highest BCUT2D eigenvalue weighted by molar-refractivity contribution is 7.10. The van der Waals surface area contributed by atoms with Crippen LogP contribution in [0, 0.1) is 0 Å². The summed E-state index contributed by atoms with van der Waals surface area (Å²) in [5.74, 6) is 0.960. The summed E-state index contributed by atoms with van der Waals surface area (Å²) in [4.78, 5) is 13.9. The van der Waals surface area contributed by atoms with Gasteiger partial charge in [-0.15, -0.1) is 22.7 Å². The first-order chi connectivity index (χ1) is 13.3. The van der Waals surface area contributed by atoms with Gasteiger partial charge in [-0.1, -0.05) is 24.8 Å². The van der Waals surface area contributed by atoms with Crippen molar-refractivity contribution in [1.29, 1.82) is 0 Å². The van der Waals surface area contributed by atoms with Crippen LogP contribution in [0.5, 0.6) is 0 Å². The second-order valence-corrected chi connectivity index (χ2v) is 8.14. The van der Waals surface area contributed by atoms with E-state index in [4.69, 9.17) is 0 Å². The average Bonchev–Trinajstić information content (AvgIpc) is 3.43. The van der Waals surface area contributed by atoms with Crippen LogP contribution in [0.3, 0.4) is 0 Å². The number of thiophene rings is 1. The van der Waals surface area contributed by atoms with Crippen molar-refractivity contribution in [2.75, 3.05) is 6.54 Å². The average molecular weight is 396 g/mol. The summed E-state index contributed by atoms with van der Waals surface area (Å²) in [6.45, 7) is 6.48. The first kappa shape index (κ1) is 17.9. The van der Waals surface area contributed by atoms with E-state index in [1.807, 2.05) is 24.3 Å². The number of thiazole rings is 1. The van der Waals surface area contributed by atoms with Crippen molar-refractivity contribution >= 4 is 39.4 Å². The Hall–Kier alpha value is -2.48. The van der Waals surface area contributed by atoms with Gasteiger partial charge in [0.2, 0.25) is 0 Å². The minimum Gasteiger partial charge on any atom is -0.379 e. The fraction of sp³-hybridized carbons (Fsp3) is 0.200. The van der Waals surface area contributed by atoms with Crippen LogP contribution >= 0.6 is 22.7 Å². The molecule has 0 amide bonds. The minimum atomic E-state index is 0.724. The van der Waals surface area contributed by atoms with Crippen molar-refractivity contribution in [1.82, 2.24) is 25.6 Å². The summed E-state index contributed by atoms with van der Waals surface area (Å²) in [5, 5.41) is 12.0. The molecule has 1 aromatic carbocycles. The van der Waals surface area contributed by atoms with E-state index in [1.165, 1.54) is 4.88 Å². The summed E-state index contributed by atoms with van der Waals surface area (Å²) in [5.41, 5.74) is 3.89. The Labute approximate surface area is 166 Å². The van der Waals surface area contributed by atoms with E-state index in [0.29, 0.717) is 0 Å². The van der Waals surface area contributed by atoms with Gasteiger partial charge in [0, 0.05) is 29.8 Å². The number of fused-ring (bicyclic) bond motifs is 1. The van der Waals surface area contributed by atoms with Crippen LogP contribution in [0.25, 0.3) is 16.7 Å². The van der Waals surface area contributed by atoms with Crippen LogP contribution in [0.15, 0.2) is 53.7 Å². The molecule has 0 aliphatic carbocycles. The maximum absolute atomic E-state index is 4.69. The molecule has 0 bridgehead atoms. The molecule has 4 aromatic rings. The molecule has 3 aromatic heterocycles. The number of nitrogens with zero attached hydrogens (tertiary/aromatic N) is 2. The third-order valence-electron chi connectivity index (χ3n) is 4.16. The summed E-state index contributed by atoms with van der Waals surface area (Å²) < 4.78 is 0. The van der Waals surface area contributed by atoms with Crippen molar-refractivity contribution < 1.29 is 0 Å². The van der Waals surface area contributed by atoms with Gasteiger partial charge in [-0.05, 0) is 23.6 Å². The van der Waals surface area contributed by atoms with E-state index in [0.717, 1.165) is 59.3 Å². The van der Waals surface area contributed by atoms with Crippen molar-refractivity contribution in [3.8, 4) is 0 Å². The van der Waals surface area contributed by atoms with Crippen molar-refractivity contribution in [3.05, 3.63) is 75.1 Å². The molecule has 7 heteroatoms. The number of hydrogen-bond acceptors (Lipinski definition) is 6. The summed E-state index contributed by atoms with van der Waals surface area (Å²) in [6.07, 6.45) is 0.892. The first-order valence-electron chi connectivity index (χ1n) is 8.82. The zero-order valence-electron chi connectivity index (χ0n) is 14.9. The molecular weight excluding hydrogens is 374 g/mol. The van der Waals surface area contributed by atoms with Gasteiger partial charge in [-0.2, -0.15) is 0 Å². The predicted molar refractivity (Wildman–Crippen MR) is 114 cm³/mol. The molecule has 0 spiro atoms. The Bertz CT molecular complexity index is 983. The lowest BCUT2D eigenvalue weighted by molar-refractivity contribution is 0.665. The molecule has 0 saturated heterocycles. The Kier molecular flexibility index (Phi) is 5.62. The lowest BCUT2D eigenvalue weighted by Gasteiger charge is -2.05. The van der Waals surface area contributed by atoms with Gasteiger partial charge in [-0.3, -0.25) is 0 Å². The molecule has 0 unspecified atom stereocenters. The minimum absolute atomic E-state index is 0.724. The van der Waals surface area contributed by atoms with Crippen molar-refractivity contribution in [2.24, 2.45) is 0 Å². The number of nitrogens with one attached hydrogen (secondary N) is 3. The summed E-state index contributed by atoms with van der Waals surface area (Å²) in [6, 6.07) is 12.3. The van der Waals surface area contributed by atoms with E-state index in [9.17, 15) is 0 Å². The molecule has 3 heterocycles. The van der Waals surface area contributed by atoms with E-state index >= 15 is 0 Å². The Morgan fingerprint density at radius 1 is 1.07 bits per heavy atom. The van der Waals surface area contributed by atoms with Crippen LogP contribution < -0.4 is 10.6 Å². The monoisotopic (exact) mass is 395 g/mol. The van der Waals surface area contributed by atoms with Gasteiger partial charge in [0.15, 0.2) is 0 Å². The highest BCUT2D eigenvalue weighted by Gasteiger charge is 2.06. The SMILES string of the molecule is C=C(NCc1cccs1)c1csc(CCNCc2nc3ccccc3[nH]2)n1. The van der Waals surface area contributed by atoms with Gasteiger partial charge in [-0.25, -0.2) is 9.97 Å². The highest BCUT2D eigenvalue weighted by Crippen LogP contribution is 2.17. The molecule has 0 aliphatic rings. The fourth-order valence-electron chi connectivity index (χ4n) is 2.75. The lowest BCUT2D eigenvalue weighted by atomic mass is 10.3. The quantitative estimate of drug-likeness (QED) is 0.372. The number of rotatable bonds is 9. The van der Waals surface area contributed by atoms with Crippen LogP contribution in [0.2, 0.25) is 0 Å². The zero-order valence-corrected chi connectivity index (χ0v) is 16.5. The molecule has 3 N–H and O–H groups in total. The first-order valence-corrected chi connectivity index (χ1v) is 10.6. The van der Waals surface area contributed by atoms with Gasteiger partial charge in [0.05, 0.1) is 34.0 Å². The Balaban J connectivity index is 1.22. The van der Waals surface area contributed by atoms with Gasteiger partial charge in [0.25, 0.3) is 0 Å². The molecule has 5 nitrogen and oxygen atoms in total.